The van der Waals surface area contributed by atoms with Crippen LogP contribution in [0.2, 0.25) is 0 Å². The van der Waals surface area contributed by atoms with Crippen molar-refractivity contribution in [3.05, 3.63) is 85.1 Å². The van der Waals surface area contributed by atoms with Gasteiger partial charge in [0.15, 0.2) is 6.10 Å². The zero-order valence-corrected chi connectivity index (χ0v) is 39.5. The van der Waals surface area contributed by atoms with Crippen LogP contribution in [0.1, 0.15) is 168 Å². The summed E-state index contributed by atoms with van der Waals surface area (Å²) in [6.45, 7) is 4.00. The predicted molar refractivity (Wildman–Crippen MR) is 249 cm³/mol. The van der Waals surface area contributed by atoms with E-state index < -0.39 is 32.5 Å². The highest BCUT2D eigenvalue weighted by atomic mass is 31.2. The molecule has 0 rings (SSSR count). The molecule has 9 nitrogen and oxygen atoms in total. The highest BCUT2D eigenvalue weighted by Crippen LogP contribution is 2.38. The lowest BCUT2D eigenvalue weighted by Crippen LogP contribution is -2.37. The van der Waals surface area contributed by atoms with Gasteiger partial charge in [-0.25, -0.2) is 0 Å². The molecule has 0 amide bonds. The van der Waals surface area contributed by atoms with Crippen molar-refractivity contribution in [3.63, 3.8) is 0 Å². The first-order valence-electron chi connectivity index (χ1n) is 23.3. The number of esters is 2. The lowest BCUT2D eigenvalue weighted by molar-refractivity contribution is -0.870. The van der Waals surface area contributed by atoms with E-state index in [-0.39, 0.29) is 26.1 Å². The van der Waals surface area contributed by atoms with Crippen molar-refractivity contribution in [3.8, 4) is 0 Å². The summed E-state index contributed by atoms with van der Waals surface area (Å²) in [7, 11) is 1.11. The molecule has 0 radical (unpaired) electrons. The van der Waals surface area contributed by atoms with Crippen LogP contribution in [0.3, 0.4) is 0 Å². The third-order valence-corrected chi connectivity index (χ3v) is 10.4. The lowest BCUT2D eigenvalue weighted by Gasteiger charge is -2.28. The molecule has 60 heavy (non-hydrogen) atoms. The van der Waals surface area contributed by atoms with Gasteiger partial charge >= 0.3 is 11.9 Å². The van der Waals surface area contributed by atoms with Crippen molar-refractivity contribution < 1.29 is 42.1 Å². The Bertz CT molecular complexity index is 1290. The van der Waals surface area contributed by atoms with Crippen LogP contribution in [0.15, 0.2) is 85.1 Å². The maximum atomic E-state index is 12.7. The molecule has 0 aliphatic rings. The van der Waals surface area contributed by atoms with Crippen LogP contribution in [0, 0.1) is 0 Å². The molecule has 2 atom stereocenters. The molecule has 0 N–H and O–H groups in total. The summed E-state index contributed by atoms with van der Waals surface area (Å²) < 4.78 is 33.8. The van der Waals surface area contributed by atoms with Gasteiger partial charge in [0.2, 0.25) is 0 Å². The highest BCUT2D eigenvalue weighted by Gasteiger charge is 2.21. The SMILES string of the molecule is CC/C=C/C/C=C/C/C=C/C/C=C/C/C=C/C/C=C/CCC(=O)O[C@H](COC(=O)CCCCCCCCCCC/C=C/CCCCCC)COP(=O)([O-])OCC[N+](C)(C)C. The second kappa shape index (κ2) is 41.5. The molecule has 0 heterocycles. The molecule has 0 saturated carbocycles. The lowest BCUT2D eigenvalue weighted by atomic mass is 10.1. The molecule has 0 aromatic heterocycles. The average molecular weight is 860 g/mol. The molecule has 1 unspecified atom stereocenters. The van der Waals surface area contributed by atoms with Crippen molar-refractivity contribution in [1.82, 2.24) is 0 Å². The zero-order valence-electron chi connectivity index (χ0n) is 38.6. The van der Waals surface area contributed by atoms with Crippen molar-refractivity contribution in [2.45, 2.75) is 174 Å². The molecule has 0 aromatic rings. The van der Waals surface area contributed by atoms with Crippen LogP contribution in [0.4, 0.5) is 0 Å². The summed E-state index contributed by atoms with van der Waals surface area (Å²) in [5, 5.41) is 0. The standard InChI is InChI=1S/C50H86NO8P/c1-6-8-10-12-14-16-18-20-22-24-25-27-29-31-33-35-37-39-41-43-50(53)59-48(47-58-60(54,55)57-45-44-51(3,4)5)46-56-49(52)42-40-38-36-34-32-30-28-26-23-21-19-17-15-13-11-9-7-2/h8,10,14,16-17,19-20,22,25,27,31,33,37,39,48H,6-7,9,11-13,15,18,21,23-24,26,28-30,32,34-36,38,40-47H2,1-5H3/b10-8+,16-14+,19-17+,22-20+,27-25+,33-31+,39-37+/t48-/m1/s1. The summed E-state index contributed by atoms with van der Waals surface area (Å²) in [6.07, 6.45) is 53.4. The van der Waals surface area contributed by atoms with Crippen LogP contribution >= 0.6 is 7.82 Å². The third kappa shape index (κ3) is 44.7. The Morgan fingerprint density at radius 3 is 1.48 bits per heavy atom. The molecular formula is C50H86NO8P. The number of likely N-dealkylation sites (N-methyl/N-ethyl adjacent to an activating group) is 1. The Morgan fingerprint density at radius 1 is 0.533 bits per heavy atom. The number of phosphoric ester groups is 1. The smallest absolute Gasteiger partial charge is 0.306 e. The van der Waals surface area contributed by atoms with E-state index in [1.807, 2.05) is 33.3 Å². The molecule has 0 spiro atoms. The van der Waals surface area contributed by atoms with Gasteiger partial charge in [-0.3, -0.25) is 14.2 Å². The van der Waals surface area contributed by atoms with Crippen molar-refractivity contribution in [2.75, 3.05) is 47.5 Å². The van der Waals surface area contributed by atoms with Gasteiger partial charge in [-0.15, -0.1) is 0 Å². The summed E-state index contributed by atoms with van der Waals surface area (Å²) in [4.78, 5) is 37.6. The van der Waals surface area contributed by atoms with E-state index in [0.29, 0.717) is 23.9 Å². The topological polar surface area (TPSA) is 111 Å². The van der Waals surface area contributed by atoms with Crippen molar-refractivity contribution in [2.24, 2.45) is 0 Å². The molecule has 344 valence electrons. The molecule has 10 heteroatoms. The monoisotopic (exact) mass is 860 g/mol. The normalized spacial score (nSPS) is 14.3. The number of carbonyl (C=O) groups is 2. The molecule has 0 fully saturated rings. The van der Waals surface area contributed by atoms with Crippen molar-refractivity contribution in [1.29, 1.82) is 0 Å². The molecule has 0 saturated heterocycles. The van der Waals surface area contributed by atoms with Gasteiger partial charge in [-0.05, 0) is 77.0 Å². The van der Waals surface area contributed by atoms with Gasteiger partial charge in [0.1, 0.15) is 19.8 Å². The number of hydrogen-bond acceptors (Lipinski definition) is 8. The first-order valence-corrected chi connectivity index (χ1v) is 24.8. The van der Waals surface area contributed by atoms with Crippen LogP contribution < -0.4 is 4.89 Å². The largest absolute Gasteiger partial charge is 0.756 e. The van der Waals surface area contributed by atoms with E-state index >= 15 is 0 Å². The van der Waals surface area contributed by atoms with Gasteiger partial charge in [0.05, 0.1) is 27.7 Å². The fourth-order valence-corrected chi connectivity index (χ4v) is 6.52. The quantitative estimate of drug-likeness (QED) is 0.0196. The summed E-state index contributed by atoms with van der Waals surface area (Å²) in [5.74, 6) is -0.940. The zero-order chi connectivity index (χ0) is 44.3. The second-order valence-electron chi connectivity index (χ2n) is 16.4. The van der Waals surface area contributed by atoms with Crippen molar-refractivity contribution >= 4 is 19.8 Å². The van der Waals surface area contributed by atoms with E-state index in [2.05, 4.69) is 86.8 Å². The minimum atomic E-state index is -4.65. The number of allylic oxidation sites excluding steroid dienone is 14. The van der Waals surface area contributed by atoms with Gasteiger partial charge in [0, 0.05) is 12.8 Å². The van der Waals surface area contributed by atoms with Gasteiger partial charge in [0.25, 0.3) is 7.82 Å². The summed E-state index contributed by atoms with van der Waals surface area (Å²) in [5.41, 5.74) is 0. The average Bonchev–Trinajstić information content (AvgIpc) is 3.20. The van der Waals surface area contributed by atoms with Crippen LogP contribution in [0.5, 0.6) is 0 Å². The summed E-state index contributed by atoms with van der Waals surface area (Å²) in [6, 6.07) is 0. The minimum absolute atomic E-state index is 0.0488. The Hall–Kier alpha value is -2.81. The molecular weight excluding hydrogens is 774 g/mol. The van der Waals surface area contributed by atoms with E-state index in [1.165, 1.54) is 70.6 Å². The number of unbranched alkanes of at least 4 members (excludes halogenated alkanes) is 13. The van der Waals surface area contributed by atoms with Crippen LogP contribution in [-0.4, -0.2) is 70.0 Å². The number of rotatable bonds is 41. The van der Waals surface area contributed by atoms with Gasteiger partial charge in [-0.1, -0.05) is 163 Å². The maximum Gasteiger partial charge on any atom is 0.306 e. The molecule has 0 aliphatic carbocycles. The Labute approximate surface area is 367 Å². The van der Waals surface area contributed by atoms with Gasteiger partial charge < -0.3 is 27.9 Å². The fourth-order valence-electron chi connectivity index (χ4n) is 5.79. The van der Waals surface area contributed by atoms with Gasteiger partial charge in [-0.2, -0.15) is 0 Å². The highest BCUT2D eigenvalue weighted by molar-refractivity contribution is 7.45. The number of ether oxygens (including phenoxy) is 2. The van der Waals surface area contributed by atoms with E-state index in [4.69, 9.17) is 18.5 Å². The fraction of sp³-hybridized carbons (Fsp3) is 0.680. The summed E-state index contributed by atoms with van der Waals surface area (Å²) >= 11 is 0. The Kier molecular flexibility index (Phi) is 39.6. The maximum absolute atomic E-state index is 12.7. The Morgan fingerprint density at radius 2 is 0.983 bits per heavy atom. The number of nitrogens with zero attached hydrogens (tertiary/aromatic N) is 1. The second-order valence-corrected chi connectivity index (χ2v) is 17.8. The van der Waals surface area contributed by atoms with E-state index in [0.717, 1.165) is 57.8 Å². The Balaban J connectivity index is 4.46. The van der Waals surface area contributed by atoms with E-state index in [9.17, 15) is 19.0 Å². The third-order valence-electron chi connectivity index (χ3n) is 9.41. The van der Waals surface area contributed by atoms with E-state index in [1.54, 1.807) is 0 Å². The minimum Gasteiger partial charge on any atom is -0.756 e. The molecule has 0 aliphatic heterocycles. The predicted octanol–water partition coefficient (Wildman–Crippen LogP) is 12.9. The van der Waals surface area contributed by atoms with Crippen LogP contribution in [-0.2, 0) is 32.7 Å². The molecule has 0 aromatic carbocycles. The number of quaternary nitrogens is 1. The van der Waals surface area contributed by atoms with Crippen LogP contribution in [0.25, 0.3) is 0 Å². The first-order chi connectivity index (χ1) is 29.0. The number of carbonyl (C=O) groups excluding carboxylic acids is 2. The number of phosphoric acid groups is 1. The first kappa shape index (κ1) is 57.2. The number of hydrogen-bond donors (Lipinski definition) is 0. The molecule has 0 bridgehead atoms.